The minimum Gasteiger partial charge on any atom is -0.481 e. The van der Waals surface area contributed by atoms with Gasteiger partial charge in [0.25, 0.3) is 0 Å². The van der Waals surface area contributed by atoms with Gasteiger partial charge in [-0.15, -0.1) is 0 Å². The first-order valence-corrected chi connectivity index (χ1v) is 16.7. The molecule has 20 heteroatoms. The minimum atomic E-state index is -4.89. The normalized spacial score (nSPS) is 15.0. The molecule has 0 aliphatic carbocycles. The zero-order chi connectivity index (χ0) is 37.6. The first-order chi connectivity index (χ1) is 22.6. The van der Waals surface area contributed by atoms with Crippen LogP contribution in [0.25, 0.3) is 0 Å². The quantitative estimate of drug-likeness (QED) is 0.0647. The highest BCUT2D eigenvalue weighted by molar-refractivity contribution is 7.46. The second-order valence-corrected chi connectivity index (χ2v) is 13.0. The van der Waals surface area contributed by atoms with Crippen LogP contribution < -0.4 is 37.3 Å². The fraction of sp³-hybridized carbons (Fsp3) is 0.552. The second-order valence-electron chi connectivity index (χ2n) is 11.8. The average Bonchev–Trinajstić information content (AvgIpc) is 2.97. The molecule has 0 bridgehead atoms. The summed E-state index contributed by atoms with van der Waals surface area (Å²) in [5.74, 6) is -8.71. The molecular weight excluding hydrogens is 671 g/mol. The van der Waals surface area contributed by atoms with Crippen molar-refractivity contribution in [2.24, 2.45) is 23.3 Å². The molecule has 0 saturated heterocycles. The summed E-state index contributed by atoms with van der Waals surface area (Å²) in [6.07, 6.45) is -1.40. The summed E-state index contributed by atoms with van der Waals surface area (Å²) in [7, 11) is -4.89. The van der Waals surface area contributed by atoms with Crippen LogP contribution in [0.3, 0.4) is 0 Å². The first-order valence-electron chi connectivity index (χ1n) is 15.2. The molecule has 19 nitrogen and oxygen atoms in total. The van der Waals surface area contributed by atoms with Gasteiger partial charge in [-0.05, 0) is 36.0 Å². The summed E-state index contributed by atoms with van der Waals surface area (Å²) in [6, 6.07) is -2.37. The van der Waals surface area contributed by atoms with Gasteiger partial charge in [-0.25, -0.2) is 9.36 Å². The number of rotatable bonds is 21. The third kappa shape index (κ3) is 15.9. The van der Waals surface area contributed by atoms with E-state index in [9.17, 15) is 43.2 Å². The molecule has 1 rings (SSSR count). The molecule has 1 aromatic carbocycles. The van der Waals surface area contributed by atoms with E-state index in [0.29, 0.717) is 5.56 Å². The van der Waals surface area contributed by atoms with Gasteiger partial charge < -0.3 is 47.5 Å². The van der Waals surface area contributed by atoms with E-state index in [1.54, 1.807) is 13.8 Å². The number of carbonyl (C=O) groups excluding carboxylic acids is 5. The molecule has 6 atom stereocenters. The van der Waals surface area contributed by atoms with E-state index in [1.807, 2.05) is 13.8 Å². The molecule has 0 fully saturated rings. The number of aliphatic carboxylic acids is 2. The van der Waals surface area contributed by atoms with Crippen molar-refractivity contribution in [3.63, 3.8) is 0 Å². The van der Waals surface area contributed by atoms with Gasteiger partial charge in [-0.1, -0.05) is 46.2 Å². The molecule has 12 N–H and O–H groups in total. The van der Waals surface area contributed by atoms with E-state index in [4.69, 9.17) is 26.4 Å². The molecule has 0 radical (unpaired) electrons. The minimum absolute atomic E-state index is 0.0151. The maximum atomic E-state index is 13.7. The van der Waals surface area contributed by atoms with Crippen LogP contribution in [-0.2, 0) is 44.5 Å². The Morgan fingerprint density at radius 2 is 1.33 bits per heavy atom. The SMILES string of the molecule is CC[C@H](C)[C@H](NC(=O)[C@H](Cc1ccc(OP(=O)(O)O)cc1)NC(=O)[C@H](CC(N)=O)NC(=O)[C@@H](N)CC(C)C)C(=O)N[C@@H](CC(=O)O)C(=O)O. The van der Waals surface area contributed by atoms with Crippen molar-refractivity contribution in [2.45, 2.75) is 90.0 Å². The van der Waals surface area contributed by atoms with E-state index in [0.717, 1.165) is 0 Å². The molecule has 0 heterocycles. The van der Waals surface area contributed by atoms with Gasteiger partial charge in [0.05, 0.1) is 18.9 Å². The van der Waals surface area contributed by atoms with Crippen molar-refractivity contribution in [3.8, 4) is 5.75 Å². The van der Waals surface area contributed by atoms with Gasteiger partial charge in [0.2, 0.25) is 29.5 Å². The van der Waals surface area contributed by atoms with Crippen LogP contribution >= 0.6 is 7.82 Å². The number of carboxylic acid groups (broad SMARTS) is 2. The molecule has 0 aromatic heterocycles. The van der Waals surface area contributed by atoms with Gasteiger partial charge in [0.15, 0.2) is 0 Å². The van der Waals surface area contributed by atoms with Crippen molar-refractivity contribution in [1.29, 1.82) is 0 Å². The van der Waals surface area contributed by atoms with E-state index >= 15 is 0 Å². The number of hydrogen-bond acceptors (Lipinski definition) is 10. The first kappa shape index (κ1) is 42.4. The second kappa shape index (κ2) is 19.4. The largest absolute Gasteiger partial charge is 0.524 e. The van der Waals surface area contributed by atoms with E-state index in [-0.39, 0.29) is 30.9 Å². The number of primary amides is 1. The smallest absolute Gasteiger partial charge is 0.481 e. The predicted octanol–water partition coefficient (Wildman–Crippen LogP) is -1.51. The molecule has 49 heavy (non-hydrogen) atoms. The van der Waals surface area contributed by atoms with E-state index in [2.05, 4.69) is 25.8 Å². The van der Waals surface area contributed by atoms with E-state index in [1.165, 1.54) is 24.3 Å². The molecule has 0 unspecified atom stereocenters. The van der Waals surface area contributed by atoms with Crippen LogP contribution in [0, 0.1) is 11.8 Å². The average molecular weight is 717 g/mol. The highest BCUT2D eigenvalue weighted by atomic mass is 31.2. The number of phosphoric acid groups is 1. The number of carbonyl (C=O) groups is 7. The summed E-state index contributed by atoms with van der Waals surface area (Å²) in [5.41, 5.74) is 11.5. The molecule has 274 valence electrons. The van der Waals surface area contributed by atoms with Gasteiger partial charge in [-0.3, -0.25) is 38.6 Å². The Balaban J connectivity index is 3.45. The van der Waals surface area contributed by atoms with E-state index < -0.39 is 98.3 Å². The number of benzene rings is 1. The Morgan fingerprint density at radius 1 is 0.796 bits per heavy atom. The lowest BCUT2D eigenvalue weighted by Crippen LogP contribution is -2.60. The fourth-order valence-electron chi connectivity index (χ4n) is 4.44. The lowest BCUT2D eigenvalue weighted by atomic mass is 9.96. The molecular formula is C29H45N6O13P. The Labute approximate surface area is 282 Å². The lowest BCUT2D eigenvalue weighted by molar-refractivity contribution is -0.147. The zero-order valence-corrected chi connectivity index (χ0v) is 28.3. The van der Waals surface area contributed by atoms with Crippen molar-refractivity contribution in [2.75, 3.05) is 0 Å². The Bertz CT molecular complexity index is 1400. The summed E-state index contributed by atoms with van der Waals surface area (Å²) < 4.78 is 15.7. The maximum Gasteiger partial charge on any atom is 0.524 e. The Morgan fingerprint density at radius 3 is 1.80 bits per heavy atom. The van der Waals surface area contributed by atoms with Crippen molar-refractivity contribution in [3.05, 3.63) is 29.8 Å². The number of phosphoric ester groups is 1. The van der Waals surface area contributed by atoms with Crippen molar-refractivity contribution in [1.82, 2.24) is 21.3 Å². The molecule has 0 spiro atoms. The molecule has 0 aliphatic rings. The fourth-order valence-corrected chi connectivity index (χ4v) is 4.83. The summed E-state index contributed by atoms with van der Waals surface area (Å²) in [6.45, 7) is 6.86. The van der Waals surface area contributed by atoms with Crippen LogP contribution in [0.2, 0.25) is 0 Å². The highest BCUT2D eigenvalue weighted by Gasteiger charge is 2.35. The summed E-state index contributed by atoms with van der Waals surface area (Å²) in [5, 5.41) is 27.8. The molecule has 0 saturated carbocycles. The molecule has 5 amide bonds. The number of nitrogens with two attached hydrogens (primary N) is 2. The van der Waals surface area contributed by atoms with Crippen LogP contribution in [0.1, 0.15) is 58.9 Å². The number of hydrogen-bond donors (Lipinski definition) is 10. The van der Waals surface area contributed by atoms with Crippen LogP contribution in [0.5, 0.6) is 5.75 Å². The summed E-state index contributed by atoms with van der Waals surface area (Å²) in [4.78, 5) is 106. The predicted molar refractivity (Wildman–Crippen MR) is 171 cm³/mol. The maximum absolute atomic E-state index is 13.7. The van der Waals surface area contributed by atoms with Crippen molar-refractivity contribution >= 4 is 49.3 Å². The molecule has 0 aliphatic heterocycles. The molecule has 1 aromatic rings. The van der Waals surface area contributed by atoms with Gasteiger partial charge in [0.1, 0.15) is 29.9 Å². The number of amides is 5. The van der Waals surface area contributed by atoms with Gasteiger partial charge in [0, 0.05) is 6.42 Å². The highest BCUT2D eigenvalue weighted by Crippen LogP contribution is 2.37. The Hall–Kier alpha value is -4.58. The van der Waals surface area contributed by atoms with Gasteiger partial charge >= 0.3 is 19.8 Å². The van der Waals surface area contributed by atoms with Crippen LogP contribution in [0.4, 0.5) is 0 Å². The lowest BCUT2D eigenvalue weighted by Gasteiger charge is -2.28. The third-order valence-electron chi connectivity index (χ3n) is 7.11. The Kier molecular flexibility index (Phi) is 16.8. The third-order valence-corrected chi connectivity index (χ3v) is 7.56. The number of nitrogens with one attached hydrogen (secondary N) is 4. The van der Waals surface area contributed by atoms with Crippen LogP contribution in [-0.4, -0.2) is 91.7 Å². The van der Waals surface area contributed by atoms with Gasteiger partial charge in [-0.2, -0.15) is 0 Å². The topological polar surface area (TPSA) is 327 Å². The monoisotopic (exact) mass is 716 g/mol. The zero-order valence-electron chi connectivity index (χ0n) is 27.5. The summed E-state index contributed by atoms with van der Waals surface area (Å²) >= 11 is 0. The standard InChI is InChI=1S/C29H45N6O13P/c1-5-15(4)24(28(42)34-21(29(43)44)13-23(37)38)35-27(41)19(11-16-6-8-17(9-7-16)48-49(45,46)47)33-26(40)20(12-22(31)36)32-25(39)18(30)10-14(2)3/h6-9,14-15,18-21,24H,5,10-13,30H2,1-4H3,(H2,31,36)(H,32,39)(H,33,40)(H,34,42)(H,35,41)(H,37,38)(H,43,44)(H2,45,46,47)/t15-,18-,19-,20-,21-,24-/m0/s1. The van der Waals surface area contributed by atoms with Crippen molar-refractivity contribution < 1.29 is 62.7 Å². The number of carboxylic acids is 2. The van der Waals surface area contributed by atoms with Crippen LogP contribution in [0.15, 0.2) is 24.3 Å².